The molecular formula is C18H26F2N4O5S2. The molecule has 0 aliphatic carbocycles. The summed E-state index contributed by atoms with van der Waals surface area (Å²) in [5.74, 6) is -2.21. The average Bonchev–Trinajstić information content (AvgIpc) is 2.67. The van der Waals surface area contributed by atoms with Gasteiger partial charge in [-0.15, -0.1) is 0 Å². The molecule has 1 aromatic heterocycles. The normalized spacial score (nSPS) is 17.4. The monoisotopic (exact) mass is 480 g/mol. The number of aromatic nitrogens is 2. The van der Waals surface area contributed by atoms with Gasteiger partial charge < -0.3 is 14.9 Å². The molecule has 174 valence electrons. The first-order chi connectivity index (χ1) is 14.6. The first-order valence-corrected chi connectivity index (χ1v) is 12.0. The van der Waals surface area contributed by atoms with Crippen molar-refractivity contribution in [3.8, 4) is 5.88 Å². The maximum Gasteiger partial charge on any atom is 0.302 e. The highest BCUT2D eigenvalue weighted by atomic mass is 32.2. The van der Waals surface area contributed by atoms with Crippen molar-refractivity contribution in [3.63, 3.8) is 0 Å². The zero-order chi connectivity index (χ0) is 23.2. The van der Waals surface area contributed by atoms with Crippen LogP contribution in [0.1, 0.15) is 26.7 Å². The first-order valence-electron chi connectivity index (χ1n) is 9.55. The van der Waals surface area contributed by atoms with Crippen molar-refractivity contribution < 1.29 is 32.1 Å². The lowest BCUT2D eigenvalue weighted by molar-refractivity contribution is 0.00599. The fourth-order valence-electron chi connectivity index (χ4n) is 2.28. The maximum absolute atomic E-state index is 13.9. The van der Waals surface area contributed by atoms with E-state index in [4.69, 9.17) is 9.84 Å². The Morgan fingerprint density at radius 2 is 2.10 bits per heavy atom. The molecule has 1 fully saturated rings. The fraction of sp³-hybridized carbons (Fsp3) is 0.556. The van der Waals surface area contributed by atoms with E-state index < -0.39 is 40.7 Å². The minimum absolute atomic E-state index is 0.0235. The Hall–Kier alpha value is -1.80. The van der Waals surface area contributed by atoms with E-state index in [0.717, 1.165) is 18.2 Å². The molecule has 1 unspecified atom stereocenters. The molecular weight excluding hydrogens is 454 g/mol. The first kappa shape index (κ1) is 25.5. The minimum atomic E-state index is -3.81. The lowest BCUT2D eigenvalue weighted by atomic mass is 10.2. The highest BCUT2D eigenvalue weighted by Gasteiger charge is 2.28. The van der Waals surface area contributed by atoms with Crippen molar-refractivity contribution in [2.45, 2.75) is 44.1 Å². The van der Waals surface area contributed by atoms with Gasteiger partial charge >= 0.3 is 10.2 Å². The van der Waals surface area contributed by atoms with E-state index in [-0.39, 0.29) is 34.6 Å². The molecule has 13 heteroatoms. The molecule has 0 aromatic carbocycles. The summed E-state index contributed by atoms with van der Waals surface area (Å²) >= 11 is 0.906. The summed E-state index contributed by atoms with van der Waals surface area (Å²) in [7, 11) is -3.81. The Kier molecular flexibility index (Phi) is 9.18. The SMILES string of the molecule is C=C(CSc1nc(NS(=O)(=O)N2CCC2)cc(O[C@H](C)C(O)CO)n1)/C(F)=C(/F)CC. The van der Waals surface area contributed by atoms with Crippen molar-refractivity contribution in [2.75, 3.05) is 30.2 Å². The smallest absolute Gasteiger partial charge is 0.302 e. The summed E-state index contributed by atoms with van der Waals surface area (Å²) < 4.78 is 61.1. The van der Waals surface area contributed by atoms with Crippen molar-refractivity contribution >= 4 is 27.8 Å². The van der Waals surface area contributed by atoms with Crippen molar-refractivity contribution in [1.29, 1.82) is 0 Å². The Morgan fingerprint density at radius 3 is 2.65 bits per heavy atom. The summed E-state index contributed by atoms with van der Waals surface area (Å²) in [6, 6.07) is 1.23. The highest BCUT2D eigenvalue weighted by molar-refractivity contribution is 7.99. The summed E-state index contributed by atoms with van der Waals surface area (Å²) in [6.07, 6.45) is -1.40. The zero-order valence-corrected chi connectivity index (χ0v) is 18.8. The van der Waals surface area contributed by atoms with Gasteiger partial charge in [0.05, 0.1) is 6.61 Å². The van der Waals surface area contributed by atoms with Crippen LogP contribution < -0.4 is 9.46 Å². The van der Waals surface area contributed by atoms with Gasteiger partial charge in [0.15, 0.2) is 11.0 Å². The van der Waals surface area contributed by atoms with Gasteiger partial charge in [0.1, 0.15) is 23.9 Å². The topological polar surface area (TPSA) is 125 Å². The van der Waals surface area contributed by atoms with Gasteiger partial charge in [0.2, 0.25) is 5.88 Å². The molecule has 1 aromatic rings. The second-order valence-electron chi connectivity index (χ2n) is 6.77. The van der Waals surface area contributed by atoms with E-state index in [2.05, 4.69) is 21.3 Å². The van der Waals surface area contributed by atoms with Crippen LogP contribution in [0, 0.1) is 0 Å². The number of allylic oxidation sites excluding steroid dienone is 2. The number of aliphatic hydroxyl groups excluding tert-OH is 2. The molecule has 31 heavy (non-hydrogen) atoms. The molecule has 2 rings (SSSR count). The van der Waals surface area contributed by atoms with Crippen LogP contribution in [-0.4, -0.2) is 70.6 Å². The predicted octanol–water partition coefficient (Wildman–Crippen LogP) is 2.17. The van der Waals surface area contributed by atoms with E-state index in [1.165, 1.54) is 24.2 Å². The Morgan fingerprint density at radius 1 is 1.42 bits per heavy atom. The number of nitrogens with one attached hydrogen (secondary N) is 1. The van der Waals surface area contributed by atoms with E-state index in [1.807, 2.05) is 0 Å². The van der Waals surface area contributed by atoms with Crippen LogP contribution in [0.5, 0.6) is 5.88 Å². The van der Waals surface area contributed by atoms with E-state index in [1.54, 1.807) is 0 Å². The number of hydrogen-bond donors (Lipinski definition) is 3. The van der Waals surface area contributed by atoms with Crippen molar-refractivity contribution in [1.82, 2.24) is 14.3 Å². The molecule has 2 heterocycles. The third-order valence-electron chi connectivity index (χ3n) is 4.34. The molecule has 0 spiro atoms. The number of halogens is 2. The number of thioether (sulfide) groups is 1. The Bertz CT molecular complexity index is 926. The molecule has 9 nitrogen and oxygen atoms in total. The lowest BCUT2D eigenvalue weighted by Gasteiger charge is -2.29. The number of anilines is 1. The van der Waals surface area contributed by atoms with Gasteiger partial charge in [0.25, 0.3) is 0 Å². The van der Waals surface area contributed by atoms with E-state index in [0.29, 0.717) is 13.1 Å². The third kappa shape index (κ3) is 7.10. The molecule has 1 aliphatic rings. The maximum atomic E-state index is 13.9. The lowest BCUT2D eigenvalue weighted by Crippen LogP contribution is -2.45. The minimum Gasteiger partial charge on any atom is -0.472 e. The van der Waals surface area contributed by atoms with Crippen LogP contribution in [0.15, 0.2) is 35.0 Å². The second-order valence-corrected chi connectivity index (χ2v) is 9.38. The van der Waals surface area contributed by atoms with E-state index in [9.17, 15) is 22.3 Å². The van der Waals surface area contributed by atoms with Crippen LogP contribution in [0.4, 0.5) is 14.6 Å². The molecule has 0 radical (unpaired) electrons. The van der Waals surface area contributed by atoms with Crippen LogP contribution in [0.2, 0.25) is 0 Å². The molecule has 1 saturated heterocycles. The largest absolute Gasteiger partial charge is 0.472 e. The fourth-order valence-corrected chi connectivity index (χ4v) is 4.27. The Labute approximate surface area is 184 Å². The molecule has 0 bridgehead atoms. The number of ether oxygens (including phenoxy) is 1. The van der Waals surface area contributed by atoms with Crippen LogP contribution in [0.25, 0.3) is 0 Å². The van der Waals surface area contributed by atoms with Gasteiger partial charge in [-0.05, 0) is 25.3 Å². The molecule has 2 atom stereocenters. The molecule has 3 N–H and O–H groups in total. The van der Waals surface area contributed by atoms with E-state index >= 15 is 0 Å². The molecule has 1 aliphatic heterocycles. The highest BCUT2D eigenvalue weighted by Crippen LogP contribution is 2.28. The molecule has 0 amide bonds. The van der Waals surface area contributed by atoms with Gasteiger partial charge in [-0.25, -0.2) is 13.8 Å². The summed E-state index contributed by atoms with van der Waals surface area (Å²) in [5.41, 5.74) is -0.106. The summed E-state index contributed by atoms with van der Waals surface area (Å²) in [4.78, 5) is 8.21. The van der Waals surface area contributed by atoms with Gasteiger partial charge in [-0.2, -0.15) is 17.7 Å². The third-order valence-corrected chi connectivity index (χ3v) is 6.79. The average molecular weight is 481 g/mol. The van der Waals surface area contributed by atoms with Gasteiger partial charge in [0, 0.05) is 24.9 Å². The molecule has 0 saturated carbocycles. The second kappa shape index (κ2) is 11.2. The number of rotatable bonds is 12. The standard InChI is InChI=1S/C18H26F2N4O5S2/c1-4-13(19)17(20)11(2)10-30-18-21-15(23-31(27,28)24-6-5-7-24)8-16(22-18)29-12(3)14(26)9-25/h8,12,14,25-26H,2,4-7,9-10H2,1,3H3,(H,21,22,23)/b17-13-/t12-,14?/m1/s1. The van der Waals surface area contributed by atoms with Crippen LogP contribution >= 0.6 is 11.8 Å². The summed E-state index contributed by atoms with van der Waals surface area (Å²) in [6.45, 7) is 6.71. The summed E-state index contributed by atoms with van der Waals surface area (Å²) in [5, 5.41) is 18.8. The van der Waals surface area contributed by atoms with Gasteiger partial charge in [-0.3, -0.25) is 4.72 Å². The van der Waals surface area contributed by atoms with Gasteiger partial charge in [-0.1, -0.05) is 25.3 Å². The zero-order valence-electron chi connectivity index (χ0n) is 17.2. The number of aliphatic hydroxyl groups is 2. The van der Waals surface area contributed by atoms with Crippen molar-refractivity contribution in [2.24, 2.45) is 0 Å². The van der Waals surface area contributed by atoms with Crippen LogP contribution in [-0.2, 0) is 10.2 Å². The quantitative estimate of drug-likeness (QED) is 0.236. The number of hydrogen-bond acceptors (Lipinski definition) is 8. The van der Waals surface area contributed by atoms with Crippen molar-refractivity contribution in [3.05, 3.63) is 29.9 Å². The Balaban J connectivity index is 2.24. The number of nitrogens with zero attached hydrogens (tertiary/aromatic N) is 3. The predicted molar refractivity (Wildman–Crippen MR) is 113 cm³/mol. The van der Waals surface area contributed by atoms with Crippen LogP contribution in [0.3, 0.4) is 0 Å².